The minimum absolute atomic E-state index is 0.220. The lowest BCUT2D eigenvalue weighted by Crippen LogP contribution is -2.22. The Hall–Kier alpha value is -0.420. The number of hydrogen-bond donors (Lipinski definition) is 2. The van der Waals surface area contributed by atoms with Gasteiger partial charge >= 0.3 is 0 Å². The third-order valence-electron chi connectivity index (χ3n) is 1.07. The second-order valence-electron chi connectivity index (χ2n) is 1.67. The summed E-state index contributed by atoms with van der Waals surface area (Å²) in [6.07, 6.45) is 1.73. The van der Waals surface area contributed by atoms with Crippen LogP contribution in [0.15, 0.2) is 9.81 Å². The van der Waals surface area contributed by atoms with Gasteiger partial charge in [-0.3, -0.25) is 14.9 Å². The molecule has 0 aromatic heterocycles. The molecule has 0 aromatic rings. The van der Waals surface area contributed by atoms with Gasteiger partial charge in [-0.2, -0.15) is 0 Å². The smallest absolute Gasteiger partial charge is 0.265 e. The van der Waals surface area contributed by atoms with Gasteiger partial charge in [-0.25, -0.2) is 0 Å². The summed E-state index contributed by atoms with van der Waals surface area (Å²) >= 11 is 5.07. The maximum Gasteiger partial charge on any atom is 0.265 e. The highest BCUT2D eigenvalue weighted by Gasteiger charge is 2.26. The van der Waals surface area contributed by atoms with Crippen LogP contribution in [0.1, 0.15) is 0 Å². The molecule has 0 saturated carbocycles. The summed E-state index contributed by atoms with van der Waals surface area (Å²) in [5, 5.41) is 2.12. The molecule has 10 heavy (non-hydrogen) atoms. The second-order valence-corrected chi connectivity index (χ2v) is 2.93. The van der Waals surface area contributed by atoms with Crippen LogP contribution in [0.25, 0.3) is 0 Å². The van der Waals surface area contributed by atoms with Crippen molar-refractivity contribution in [2.24, 2.45) is 0 Å². The van der Waals surface area contributed by atoms with E-state index in [0.717, 1.165) is 0 Å². The van der Waals surface area contributed by atoms with Crippen molar-refractivity contribution in [2.75, 3.05) is 6.26 Å². The minimum Gasteiger partial charge on any atom is -0.287 e. The van der Waals surface area contributed by atoms with E-state index in [1.165, 1.54) is 11.8 Å². The van der Waals surface area contributed by atoms with E-state index in [1.807, 2.05) is 0 Å². The van der Waals surface area contributed by atoms with Gasteiger partial charge in [0.2, 0.25) is 0 Å². The molecular formula is C5H5NO2S2. The Morgan fingerprint density at radius 3 is 2.20 bits per heavy atom. The van der Waals surface area contributed by atoms with E-state index in [-0.39, 0.29) is 10.8 Å². The number of carbonyl (C=O) groups excluding carboxylic acids is 2. The fourth-order valence-electron chi connectivity index (χ4n) is 0.619. The first kappa shape index (κ1) is 7.68. The summed E-state index contributed by atoms with van der Waals surface area (Å²) in [6.45, 7) is 0. The third-order valence-corrected chi connectivity index (χ3v) is 2.44. The van der Waals surface area contributed by atoms with E-state index < -0.39 is 5.91 Å². The van der Waals surface area contributed by atoms with Crippen LogP contribution in [-0.4, -0.2) is 18.1 Å². The number of hydrogen-bond acceptors (Lipinski definition) is 4. The first-order valence-corrected chi connectivity index (χ1v) is 4.17. The normalized spacial score (nSPS) is 18.2. The third kappa shape index (κ3) is 1.06. The molecule has 1 aliphatic heterocycles. The second kappa shape index (κ2) is 2.67. The molecule has 0 spiro atoms. The highest BCUT2D eigenvalue weighted by atomic mass is 32.2. The lowest BCUT2D eigenvalue weighted by atomic mass is 10.5. The van der Waals surface area contributed by atoms with E-state index in [0.29, 0.717) is 4.91 Å². The number of carbonyl (C=O) groups is 2. The van der Waals surface area contributed by atoms with Crippen molar-refractivity contribution in [1.82, 2.24) is 5.32 Å². The average molecular weight is 175 g/mol. The van der Waals surface area contributed by atoms with E-state index in [4.69, 9.17) is 0 Å². The molecule has 1 N–H and O–H groups in total. The molecule has 1 aliphatic rings. The Morgan fingerprint density at radius 2 is 2.00 bits per heavy atom. The number of thiol groups is 1. The first-order chi connectivity index (χ1) is 4.66. The Balaban J connectivity index is 3.01. The molecule has 0 aromatic carbocycles. The number of imide groups is 1. The van der Waals surface area contributed by atoms with E-state index >= 15 is 0 Å². The largest absolute Gasteiger partial charge is 0.287 e. The van der Waals surface area contributed by atoms with Crippen LogP contribution in [0.3, 0.4) is 0 Å². The summed E-state index contributed by atoms with van der Waals surface area (Å²) < 4.78 is 0. The van der Waals surface area contributed by atoms with Crippen molar-refractivity contribution >= 4 is 36.2 Å². The van der Waals surface area contributed by atoms with Crippen LogP contribution in [0.5, 0.6) is 0 Å². The zero-order valence-corrected chi connectivity index (χ0v) is 6.88. The number of rotatable bonds is 1. The van der Waals surface area contributed by atoms with Gasteiger partial charge in [0, 0.05) is 0 Å². The van der Waals surface area contributed by atoms with Gasteiger partial charge in [0.15, 0.2) is 0 Å². The number of thioether (sulfide) groups is 1. The highest BCUT2D eigenvalue weighted by molar-refractivity contribution is 8.04. The van der Waals surface area contributed by atoms with Crippen LogP contribution in [0.4, 0.5) is 0 Å². The minimum atomic E-state index is -0.405. The van der Waals surface area contributed by atoms with Gasteiger partial charge in [0.25, 0.3) is 11.8 Å². The van der Waals surface area contributed by atoms with Gasteiger partial charge < -0.3 is 0 Å². The van der Waals surface area contributed by atoms with Crippen molar-refractivity contribution in [3.63, 3.8) is 0 Å². The van der Waals surface area contributed by atoms with Crippen molar-refractivity contribution in [1.29, 1.82) is 0 Å². The SMILES string of the molecule is CSC1=C(S)C(=O)NC1=O. The number of nitrogens with one attached hydrogen (secondary N) is 1. The molecule has 3 nitrogen and oxygen atoms in total. The molecule has 0 fully saturated rings. The summed E-state index contributed by atoms with van der Waals surface area (Å²) in [4.78, 5) is 22.1. The topological polar surface area (TPSA) is 46.2 Å². The van der Waals surface area contributed by atoms with E-state index in [2.05, 4.69) is 17.9 Å². The number of amides is 2. The van der Waals surface area contributed by atoms with E-state index in [1.54, 1.807) is 6.26 Å². The Labute approximate surface area is 67.7 Å². The van der Waals surface area contributed by atoms with Crippen molar-refractivity contribution in [2.45, 2.75) is 0 Å². The summed E-state index contributed by atoms with van der Waals surface area (Å²) in [5.41, 5.74) is 0. The fourth-order valence-corrected chi connectivity index (χ4v) is 1.57. The maximum absolute atomic E-state index is 10.8. The highest BCUT2D eigenvalue weighted by Crippen LogP contribution is 2.24. The van der Waals surface area contributed by atoms with Gasteiger partial charge in [-0.1, -0.05) is 0 Å². The van der Waals surface area contributed by atoms with Gasteiger partial charge in [-0.05, 0) is 6.26 Å². The summed E-state index contributed by atoms with van der Waals surface area (Å²) in [7, 11) is 0. The van der Waals surface area contributed by atoms with Crippen LogP contribution >= 0.6 is 24.4 Å². The Morgan fingerprint density at radius 1 is 1.40 bits per heavy atom. The molecule has 0 aliphatic carbocycles. The van der Waals surface area contributed by atoms with Crippen molar-refractivity contribution in [3.8, 4) is 0 Å². The molecule has 5 heteroatoms. The van der Waals surface area contributed by atoms with E-state index in [9.17, 15) is 9.59 Å². The predicted octanol–water partition coefficient (Wildman–Crippen LogP) is 0.147. The predicted molar refractivity (Wildman–Crippen MR) is 42.7 cm³/mol. The van der Waals surface area contributed by atoms with Gasteiger partial charge in [0.05, 0.1) is 9.81 Å². The lowest BCUT2D eigenvalue weighted by Gasteiger charge is -1.89. The van der Waals surface area contributed by atoms with Gasteiger partial charge in [-0.15, -0.1) is 24.4 Å². The van der Waals surface area contributed by atoms with Crippen LogP contribution < -0.4 is 5.32 Å². The lowest BCUT2D eigenvalue weighted by molar-refractivity contribution is -0.123. The molecule has 2 amide bonds. The molecular weight excluding hydrogens is 170 g/mol. The maximum atomic E-state index is 10.8. The molecule has 0 bridgehead atoms. The molecule has 1 rings (SSSR count). The zero-order chi connectivity index (χ0) is 7.72. The molecule has 0 unspecified atom stereocenters. The van der Waals surface area contributed by atoms with Crippen LogP contribution in [-0.2, 0) is 9.59 Å². The summed E-state index contributed by atoms with van der Waals surface area (Å²) in [6, 6.07) is 0. The monoisotopic (exact) mass is 175 g/mol. The average Bonchev–Trinajstić information content (AvgIpc) is 2.09. The molecule has 0 saturated heterocycles. The van der Waals surface area contributed by atoms with Crippen LogP contribution in [0.2, 0.25) is 0 Å². The standard InChI is InChI=1S/C5H5NO2S2/c1-10-3-2(9)4(7)6-5(3)8/h1H3,(H2,6,7,8,9). The molecule has 0 radical (unpaired) electrons. The quantitative estimate of drug-likeness (QED) is 0.440. The van der Waals surface area contributed by atoms with Crippen LogP contribution in [0, 0.1) is 0 Å². The van der Waals surface area contributed by atoms with Crippen molar-refractivity contribution < 1.29 is 9.59 Å². The fraction of sp³-hybridized carbons (Fsp3) is 0.200. The Bertz CT molecular complexity index is 234. The Kier molecular flexibility index (Phi) is 2.05. The molecule has 54 valence electrons. The molecule has 0 atom stereocenters. The summed E-state index contributed by atoms with van der Waals surface area (Å²) in [5.74, 6) is -0.750. The molecule has 1 heterocycles. The first-order valence-electron chi connectivity index (χ1n) is 2.49. The van der Waals surface area contributed by atoms with Crippen molar-refractivity contribution in [3.05, 3.63) is 9.81 Å². The zero-order valence-electron chi connectivity index (χ0n) is 5.17. The van der Waals surface area contributed by atoms with Gasteiger partial charge in [0.1, 0.15) is 0 Å².